The topological polar surface area (TPSA) is 96.9 Å². The molecule has 0 saturated carbocycles. The molecule has 0 aliphatic carbocycles. The maximum absolute atomic E-state index is 14.3. The van der Waals surface area contributed by atoms with Crippen LogP contribution in [0.4, 0.5) is 15.8 Å². The van der Waals surface area contributed by atoms with Gasteiger partial charge in [-0.05, 0) is 24.3 Å². The molecule has 0 saturated heterocycles. The molecule has 1 aliphatic rings. The summed E-state index contributed by atoms with van der Waals surface area (Å²) in [6.07, 6.45) is 6.01. The number of fused-ring (bicyclic) bond motifs is 1. The van der Waals surface area contributed by atoms with Crippen LogP contribution in [0.2, 0.25) is 0 Å². The van der Waals surface area contributed by atoms with Crippen LogP contribution in [-0.2, 0) is 13.5 Å². The number of aryl methyl sites for hydroxylation is 1. The molecule has 4 heterocycles. The highest BCUT2D eigenvalue weighted by Gasteiger charge is 2.28. The van der Waals surface area contributed by atoms with E-state index in [1.165, 1.54) is 13.2 Å². The Labute approximate surface area is 183 Å². The van der Waals surface area contributed by atoms with E-state index in [4.69, 9.17) is 4.74 Å². The average Bonchev–Trinajstić information content (AvgIpc) is 3.39. The molecule has 0 bridgehead atoms. The number of methoxy groups -OCH3 is 1. The summed E-state index contributed by atoms with van der Waals surface area (Å²) in [5.74, 6) is -0.598. The van der Waals surface area contributed by atoms with Crippen molar-refractivity contribution in [2.24, 2.45) is 7.05 Å². The minimum absolute atomic E-state index is 0.0791. The van der Waals surface area contributed by atoms with Crippen molar-refractivity contribution in [3.63, 3.8) is 0 Å². The van der Waals surface area contributed by atoms with Crippen molar-refractivity contribution >= 4 is 17.3 Å². The number of carbonyl (C=O) groups is 1. The predicted octanol–water partition coefficient (Wildman–Crippen LogP) is 3.65. The van der Waals surface area contributed by atoms with Gasteiger partial charge in [0.15, 0.2) is 11.6 Å². The number of carbonyl (C=O) groups excluding carboxylic acids is 1. The van der Waals surface area contributed by atoms with E-state index in [2.05, 4.69) is 25.7 Å². The second-order valence-corrected chi connectivity index (χ2v) is 7.51. The van der Waals surface area contributed by atoms with Gasteiger partial charge in [0.1, 0.15) is 0 Å². The fraction of sp³-hybridized carbons (Fsp3) is 0.174. The number of hydrogen-bond donors (Lipinski definition) is 3. The number of rotatable bonds is 5. The molecule has 3 aromatic heterocycles. The molecule has 32 heavy (non-hydrogen) atoms. The number of para-hydroxylation sites is 1. The molecule has 0 fully saturated rings. The Morgan fingerprint density at radius 3 is 2.91 bits per heavy atom. The Hall–Kier alpha value is -4.14. The number of anilines is 2. The third kappa shape index (κ3) is 3.37. The molecule has 0 spiro atoms. The lowest BCUT2D eigenvalue weighted by atomic mass is 10.0. The van der Waals surface area contributed by atoms with Gasteiger partial charge in [0.2, 0.25) is 0 Å². The summed E-state index contributed by atoms with van der Waals surface area (Å²) >= 11 is 0. The summed E-state index contributed by atoms with van der Waals surface area (Å²) in [6.45, 7) is 0.547. The predicted molar refractivity (Wildman–Crippen MR) is 118 cm³/mol. The molecule has 1 aliphatic heterocycles. The fourth-order valence-electron chi connectivity index (χ4n) is 3.97. The Morgan fingerprint density at radius 1 is 1.25 bits per heavy atom. The summed E-state index contributed by atoms with van der Waals surface area (Å²) in [5, 5.41) is 10.3. The van der Waals surface area contributed by atoms with Gasteiger partial charge >= 0.3 is 0 Å². The standard InChI is InChI=1S/C23H21FN6O2/c1-30-12-14(11-27-30)18-10-13(6-8-25-18)20-21(19-16(28-20)7-9-26-23(19)31)29-17-5-3-4-15(24)22(17)32-2/h3-6,8,10-12,28-29H,7,9H2,1-2H3,(H,26,31). The van der Waals surface area contributed by atoms with E-state index in [-0.39, 0.29) is 11.7 Å². The summed E-state index contributed by atoms with van der Waals surface area (Å²) < 4.78 is 21.3. The number of nitrogens with one attached hydrogen (secondary N) is 3. The number of amides is 1. The first kappa shape index (κ1) is 19.8. The number of aromatic amines is 1. The van der Waals surface area contributed by atoms with Crippen LogP contribution >= 0.6 is 0 Å². The van der Waals surface area contributed by atoms with E-state index in [1.807, 2.05) is 25.4 Å². The first-order chi connectivity index (χ1) is 15.5. The zero-order valence-electron chi connectivity index (χ0n) is 17.6. The van der Waals surface area contributed by atoms with Crippen molar-refractivity contribution in [2.75, 3.05) is 19.0 Å². The van der Waals surface area contributed by atoms with Gasteiger partial charge in [0.05, 0.1) is 41.6 Å². The van der Waals surface area contributed by atoms with Gasteiger partial charge in [-0.3, -0.25) is 14.5 Å². The normalized spacial score (nSPS) is 12.9. The molecule has 5 rings (SSSR count). The van der Waals surface area contributed by atoms with Gasteiger partial charge in [-0.2, -0.15) is 5.10 Å². The summed E-state index contributed by atoms with van der Waals surface area (Å²) in [6, 6.07) is 8.42. The van der Waals surface area contributed by atoms with Crippen LogP contribution in [0.5, 0.6) is 5.75 Å². The average molecular weight is 432 g/mol. The molecule has 8 nitrogen and oxygen atoms in total. The van der Waals surface area contributed by atoms with Crippen molar-refractivity contribution in [2.45, 2.75) is 6.42 Å². The second-order valence-electron chi connectivity index (χ2n) is 7.51. The number of benzene rings is 1. The molecule has 0 unspecified atom stereocenters. The third-order valence-corrected chi connectivity index (χ3v) is 5.45. The quantitative estimate of drug-likeness (QED) is 0.447. The zero-order chi connectivity index (χ0) is 22.2. The number of hydrogen-bond acceptors (Lipinski definition) is 5. The second kappa shape index (κ2) is 7.84. The number of ether oxygens (including phenoxy) is 1. The Balaban J connectivity index is 1.66. The summed E-state index contributed by atoms with van der Waals surface area (Å²) in [5.41, 5.74) is 5.50. The molecule has 9 heteroatoms. The Bertz CT molecular complexity index is 1330. The maximum Gasteiger partial charge on any atom is 0.255 e. The van der Waals surface area contributed by atoms with Gasteiger partial charge in [-0.25, -0.2) is 4.39 Å². The van der Waals surface area contributed by atoms with Gasteiger partial charge in [0.25, 0.3) is 5.91 Å². The number of halogens is 1. The number of nitrogens with zero attached hydrogens (tertiary/aromatic N) is 3. The molecular formula is C23H21FN6O2. The minimum Gasteiger partial charge on any atom is -0.492 e. The van der Waals surface area contributed by atoms with Crippen LogP contribution in [-0.4, -0.2) is 39.3 Å². The minimum atomic E-state index is -0.490. The van der Waals surface area contributed by atoms with Gasteiger partial charge in [-0.15, -0.1) is 0 Å². The van der Waals surface area contributed by atoms with E-state index in [0.29, 0.717) is 35.6 Å². The third-order valence-electron chi connectivity index (χ3n) is 5.45. The molecule has 162 valence electrons. The van der Waals surface area contributed by atoms with Gasteiger partial charge < -0.3 is 20.4 Å². The van der Waals surface area contributed by atoms with Crippen molar-refractivity contribution in [1.29, 1.82) is 0 Å². The number of aromatic nitrogens is 4. The van der Waals surface area contributed by atoms with Crippen LogP contribution in [0.1, 0.15) is 16.1 Å². The lowest BCUT2D eigenvalue weighted by molar-refractivity contribution is 0.0947. The number of pyridine rings is 1. The van der Waals surface area contributed by atoms with E-state index in [0.717, 1.165) is 22.5 Å². The van der Waals surface area contributed by atoms with Crippen molar-refractivity contribution < 1.29 is 13.9 Å². The molecule has 3 N–H and O–H groups in total. The van der Waals surface area contributed by atoms with E-state index >= 15 is 0 Å². The van der Waals surface area contributed by atoms with Gasteiger partial charge in [0, 0.05) is 49.2 Å². The van der Waals surface area contributed by atoms with Crippen molar-refractivity contribution in [3.05, 3.63) is 66.0 Å². The van der Waals surface area contributed by atoms with Crippen LogP contribution in [0, 0.1) is 5.82 Å². The van der Waals surface area contributed by atoms with Crippen LogP contribution in [0.15, 0.2) is 48.9 Å². The highest BCUT2D eigenvalue weighted by atomic mass is 19.1. The van der Waals surface area contributed by atoms with Crippen LogP contribution in [0.25, 0.3) is 22.5 Å². The Morgan fingerprint density at radius 2 is 2.12 bits per heavy atom. The molecule has 4 aromatic rings. The van der Waals surface area contributed by atoms with Crippen LogP contribution < -0.4 is 15.4 Å². The first-order valence-corrected chi connectivity index (χ1v) is 10.1. The van der Waals surface area contributed by atoms with E-state index in [1.54, 1.807) is 29.2 Å². The Kier molecular flexibility index (Phi) is 4.85. The summed E-state index contributed by atoms with van der Waals surface area (Å²) in [7, 11) is 3.26. The largest absolute Gasteiger partial charge is 0.492 e. The molecule has 0 radical (unpaired) electrons. The van der Waals surface area contributed by atoms with Crippen LogP contribution in [0.3, 0.4) is 0 Å². The van der Waals surface area contributed by atoms with Crippen molar-refractivity contribution in [1.82, 2.24) is 25.1 Å². The lowest BCUT2D eigenvalue weighted by Gasteiger charge is -2.16. The fourth-order valence-corrected chi connectivity index (χ4v) is 3.97. The lowest BCUT2D eigenvalue weighted by Crippen LogP contribution is -2.31. The smallest absolute Gasteiger partial charge is 0.255 e. The first-order valence-electron chi connectivity index (χ1n) is 10.1. The van der Waals surface area contributed by atoms with E-state index in [9.17, 15) is 9.18 Å². The monoisotopic (exact) mass is 432 g/mol. The molecular weight excluding hydrogens is 411 g/mol. The molecule has 0 atom stereocenters. The molecule has 1 aromatic carbocycles. The maximum atomic E-state index is 14.3. The van der Waals surface area contributed by atoms with Gasteiger partial charge in [-0.1, -0.05) is 6.07 Å². The summed E-state index contributed by atoms with van der Waals surface area (Å²) in [4.78, 5) is 20.6. The SMILES string of the molecule is COc1c(F)cccc1Nc1c(-c2ccnc(-c3cnn(C)c3)c2)[nH]c2c1C(=O)NCC2. The number of H-pyrrole nitrogens is 1. The zero-order valence-corrected chi connectivity index (χ0v) is 17.6. The highest BCUT2D eigenvalue weighted by Crippen LogP contribution is 2.40. The highest BCUT2D eigenvalue weighted by molar-refractivity contribution is 6.06. The molecule has 1 amide bonds. The van der Waals surface area contributed by atoms with E-state index < -0.39 is 5.82 Å². The van der Waals surface area contributed by atoms with Crippen molar-refractivity contribution in [3.8, 4) is 28.3 Å².